The molecule has 2 aliphatic heterocycles. The number of ether oxygens (including phenoxy) is 1. The van der Waals surface area contributed by atoms with Crippen molar-refractivity contribution in [3.63, 3.8) is 0 Å². The van der Waals surface area contributed by atoms with Crippen LogP contribution in [0.3, 0.4) is 0 Å². The van der Waals surface area contributed by atoms with Crippen LogP contribution in [0.4, 0.5) is 5.13 Å². The van der Waals surface area contributed by atoms with E-state index in [4.69, 9.17) is 4.74 Å². The molecule has 8 heteroatoms. The van der Waals surface area contributed by atoms with Gasteiger partial charge < -0.3 is 15.0 Å². The number of anilines is 1. The Morgan fingerprint density at radius 2 is 2.48 bits per heavy atom. The van der Waals surface area contributed by atoms with Crippen LogP contribution in [0.5, 0.6) is 0 Å². The Hall–Kier alpha value is -1.93. The molecule has 2 N–H and O–H groups in total. The van der Waals surface area contributed by atoms with E-state index in [1.165, 1.54) is 0 Å². The molecular weight excluding hydrogens is 314 g/mol. The van der Waals surface area contributed by atoms with Gasteiger partial charge >= 0.3 is 0 Å². The third-order valence-electron chi connectivity index (χ3n) is 4.53. The predicted octanol–water partition coefficient (Wildman–Crippen LogP) is 1.74. The van der Waals surface area contributed by atoms with Crippen molar-refractivity contribution in [2.24, 2.45) is 0 Å². The van der Waals surface area contributed by atoms with Crippen LogP contribution in [0, 0.1) is 0 Å². The first kappa shape index (κ1) is 14.6. The van der Waals surface area contributed by atoms with Crippen LogP contribution in [0.25, 0.3) is 0 Å². The molecule has 2 aromatic rings. The molecule has 0 aliphatic carbocycles. The summed E-state index contributed by atoms with van der Waals surface area (Å²) in [5.41, 5.74) is 0.306. The predicted molar refractivity (Wildman–Crippen MR) is 86.5 cm³/mol. The first-order valence-corrected chi connectivity index (χ1v) is 8.71. The van der Waals surface area contributed by atoms with Crippen molar-refractivity contribution in [1.82, 2.24) is 20.1 Å². The van der Waals surface area contributed by atoms with Crippen LogP contribution in [0.15, 0.2) is 23.8 Å². The summed E-state index contributed by atoms with van der Waals surface area (Å²) in [4.78, 5) is 18.7. The van der Waals surface area contributed by atoms with Gasteiger partial charge in [-0.3, -0.25) is 9.89 Å². The van der Waals surface area contributed by atoms with Gasteiger partial charge in [-0.2, -0.15) is 5.10 Å². The minimum absolute atomic E-state index is 0.00140. The van der Waals surface area contributed by atoms with Gasteiger partial charge in [-0.15, -0.1) is 11.3 Å². The van der Waals surface area contributed by atoms with Crippen molar-refractivity contribution >= 4 is 22.4 Å². The molecule has 0 radical (unpaired) electrons. The third kappa shape index (κ3) is 2.96. The maximum Gasteiger partial charge on any atom is 0.271 e. The number of carbonyl (C=O) groups excluding carboxylic acids is 1. The normalized spacial score (nSPS) is 27.5. The highest BCUT2D eigenvalue weighted by Gasteiger charge is 2.44. The van der Waals surface area contributed by atoms with E-state index in [9.17, 15) is 4.79 Å². The smallest absolute Gasteiger partial charge is 0.271 e. The summed E-state index contributed by atoms with van der Waals surface area (Å²) >= 11 is 1.60. The minimum atomic E-state index is -0.233. The highest BCUT2D eigenvalue weighted by Crippen LogP contribution is 2.36. The summed E-state index contributed by atoms with van der Waals surface area (Å²) in [5, 5.41) is 12.9. The Bertz CT molecular complexity index is 659. The highest BCUT2D eigenvalue weighted by atomic mass is 32.1. The number of H-pyrrole nitrogens is 1. The maximum absolute atomic E-state index is 12.5. The van der Waals surface area contributed by atoms with E-state index in [1.807, 2.05) is 10.3 Å². The van der Waals surface area contributed by atoms with E-state index in [1.54, 1.807) is 29.8 Å². The monoisotopic (exact) mass is 333 g/mol. The summed E-state index contributed by atoms with van der Waals surface area (Å²) in [5.74, 6) is 0.00140. The second kappa shape index (κ2) is 5.93. The van der Waals surface area contributed by atoms with Gasteiger partial charge in [-0.05, 0) is 18.9 Å². The molecule has 122 valence electrons. The Morgan fingerprint density at radius 1 is 1.52 bits per heavy atom. The lowest BCUT2D eigenvalue weighted by Crippen LogP contribution is -2.50. The van der Waals surface area contributed by atoms with Crippen LogP contribution in [-0.4, -0.2) is 57.3 Å². The van der Waals surface area contributed by atoms with E-state index < -0.39 is 0 Å². The molecule has 1 amide bonds. The number of thiazole rings is 1. The lowest BCUT2D eigenvalue weighted by Gasteiger charge is -2.39. The van der Waals surface area contributed by atoms with Gasteiger partial charge in [0.15, 0.2) is 5.13 Å². The molecule has 2 unspecified atom stereocenters. The molecule has 2 fully saturated rings. The summed E-state index contributed by atoms with van der Waals surface area (Å²) in [7, 11) is 0. The Morgan fingerprint density at radius 3 is 3.26 bits per heavy atom. The van der Waals surface area contributed by atoms with Crippen LogP contribution >= 0.6 is 11.3 Å². The van der Waals surface area contributed by atoms with Crippen molar-refractivity contribution in [1.29, 1.82) is 0 Å². The van der Waals surface area contributed by atoms with Gasteiger partial charge in [0, 0.05) is 30.7 Å². The molecule has 0 aromatic carbocycles. The molecule has 2 saturated heterocycles. The lowest BCUT2D eigenvalue weighted by atomic mass is 9.88. The van der Waals surface area contributed by atoms with E-state index in [2.05, 4.69) is 20.5 Å². The number of amides is 1. The van der Waals surface area contributed by atoms with Gasteiger partial charge in [-0.1, -0.05) is 0 Å². The summed E-state index contributed by atoms with van der Waals surface area (Å²) in [6.45, 7) is 2.07. The molecule has 23 heavy (non-hydrogen) atoms. The average molecular weight is 333 g/mol. The fourth-order valence-electron chi connectivity index (χ4n) is 3.51. The lowest BCUT2D eigenvalue weighted by molar-refractivity contribution is -0.0448. The molecule has 1 spiro atoms. The first-order chi connectivity index (χ1) is 11.2. The fraction of sp³-hybridized carbons (Fsp3) is 0.533. The molecule has 2 aliphatic rings. The van der Waals surface area contributed by atoms with Crippen LogP contribution in [0.2, 0.25) is 0 Å². The zero-order valence-corrected chi connectivity index (χ0v) is 13.5. The van der Waals surface area contributed by atoms with Gasteiger partial charge in [0.25, 0.3) is 5.91 Å². The number of hydrogen-bond acceptors (Lipinski definition) is 6. The van der Waals surface area contributed by atoms with E-state index in [0.29, 0.717) is 18.8 Å². The van der Waals surface area contributed by atoms with Crippen molar-refractivity contribution in [2.45, 2.75) is 30.9 Å². The highest BCUT2D eigenvalue weighted by molar-refractivity contribution is 7.13. The van der Waals surface area contributed by atoms with Crippen LogP contribution < -0.4 is 5.32 Å². The molecular formula is C15H19N5O2S. The zero-order chi connectivity index (χ0) is 15.7. The molecule has 4 heterocycles. The SMILES string of the molecule is O=C(c1ccn[nH]1)N1CCCC2(CC(Nc3nccs3)CO2)C1. The second-order valence-corrected chi connectivity index (χ2v) is 7.07. The van der Waals surface area contributed by atoms with Crippen molar-refractivity contribution < 1.29 is 9.53 Å². The molecule has 2 atom stereocenters. The zero-order valence-electron chi connectivity index (χ0n) is 12.7. The van der Waals surface area contributed by atoms with Crippen molar-refractivity contribution in [3.05, 3.63) is 29.5 Å². The Labute approximate surface area is 138 Å². The van der Waals surface area contributed by atoms with E-state index >= 15 is 0 Å². The van der Waals surface area contributed by atoms with Crippen LogP contribution in [0.1, 0.15) is 29.8 Å². The standard InChI is InChI=1S/C15H19N5O2S/c21-13(12-2-4-17-19-12)20-6-1-3-15(10-20)8-11(9-22-15)18-14-16-5-7-23-14/h2,4-5,7,11H,1,3,6,8-10H2,(H,16,18)(H,17,19). The summed E-state index contributed by atoms with van der Waals surface area (Å²) in [6.07, 6.45) is 6.26. The Kier molecular flexibility index (Phi) is 3.78. The topological polar surface area (TPSA) is 83.1 Å². The number of aromatic amines is 1. The van der Waals surface area contributed by atoms with Gasteiger partial charge in [0.1, 0.15) is 5.69 Å². The average Bonchev–Trinajstić information content (AvgIpc) is 3.30. The van der Waals surface area contributed by atoms with Gasteiger partial charge in [0.2, 0.25) is 0 Å². The first-order valence-electron chi connectivity index (χ1n) is 7.83. The van der Waals surface area contributed by atoms with Gasteiger partial charge in [-0.25, -0.2) is 4.98 Å². The molecule has 0 bridgehead atoms. The number of hydrogen-bond donors (Lipinski definition) is 2. The summed E-state index contributed by atoms with van der Waals surface area (Å²) < 4.78 is 6.14. The number of piperidine rings is 1. The fourth-order valence-corrected chi connectivity index (χ4v) is 4.11. The minimum Gasteiger partial charge on any atom is -0.371 e. The number of likely N-dealkylation sites (tertiary alicyclic amines) is 1. The third-order valence-corrected chi connectivity index (χ3v) is 5.23. The number of rotatable bonds is 3. The largest absolute Gasteiger partial charge is 0.371 e. The maximum atomic E-state index is 12.5. The molecule has 2 aromatic heterocycles. The molecule has 4 rings (SSSR count). The van der Waals surface area contributed by atoms with E-state index in [0.717, 1.165) is 30.9 Å². The molecule has 7 nitrogen and oxygen atoms in total. The summed E-state index contributed by atoms with van der Waals surface area (Å²) in [6, 6.07) is 1.97. The number of carbonyl (C=O) groups is 1. The van der Waals surface area contributed by atoms with Crippen LogP contribution in [-0.2, 0) is 4.74 Å². The number of nitrogens with zero attached hydrogens (tertiary/aromatic N) is 3. The Balaban J connectivity index is 1.42. The number of aromatic nitrogens is 3. The number of nitrogens with one attached hydrogen (secondary N) is 2. The second-order valence-electron chi connectivity index (χ2n) is 6.18. The van der Waals surface area contributed by atoms with E-state index in [-0.39, 0.29) is 17.6 Å². The quantitative estimate of drug-likeness (QED) is 0.894. The van der Waals surface area contributed by atoms with Crippen molar-refractivity contribution in [3.8, 4) is 0 Å². The van der Waals surface area contributed by atoms with Gasteiger partial charge in [0.05, 0.1) is 24.8 Å². The molecule has 0 saturated carbocycles. The van der Waals surface area contributed by atoms with Crippen molar-refractivity contribution in [2.75, 3.05) is 25.0 Å².